The van der Waals surface area contributed by atoms with Gasteiger partial charge in [-0.1, -0.05) is 54.0 Å². The first-order chi connectivity index (χ1) is 23.2. The second-order valence-corrected chi connectivity index (χ2v) is 20.1. The van der Waals surface area contributed by atoms with E-state index in [2.05, 4.69) is 52.2 Å². The van der Waals surface area contributed by atoms with Crippen molar-refractivity contribution < 1.29 is 24.3 Å². The van der Waals surface area contributed by atoms with Gasteiger partial charge in [0.15, 0.2) is 5.78 Å². The SMILES string of the molecule is CNC(C)(C)C(=O)NCCC12CCC3C(CCC4C3(C)CCC3C(C)(C)C(CC(=O)C5CC(C(=O)O)C5C)CCC34C)C1=C(C(C)C)C(=O)C2. The van der Waals surface area contributed by atoms with Crippen LogP contribution < -0.4 is 10.6 Å². The van der Waals surface area contributed by atoms with Crippen molar-refractivity contribution >= 4 is 23.4 Å². The predicted octanol–water partition coefficient (Wildman–Crippen LogP) is 8.01. The van der Waals surface area contributed by atoms with E-state index in [1.165, 1.54) is 31.3 Å². The summed E-state index contributed by atoms with van der Waals surface area (Å²) in [7, 11) is 1.82. The number of carboxylic acids is 1. The van der Waals surface area contributed by atoms with E-state index >= 15 is 0 Å². The van der Waals surface area contributed by atoms with Crippen LogP contribution >= 0.6 is 0 Å². The lowest BCUT2D eigenvalue weighted by Crippen LogP contribution is -2.62. The van der Waals surface area contributed by atoms with E-state index in [0.29, 0.717) is 67.0 Å². The monoisotopic (exact) mass is 693 g/mol. The van der Waals surface area contributed by atoms with Gasteiger partial charge in [0, 0.05) is 30.7 Å². The third kappa shape index (κ3) is 5.68. The molecule has 0 aliphatic heterocycles. The molecule has 0 aromatic heterocycles. The van der Waals surface area contributed by atoms with Crippen LogP contribution in [0.2, 0.25) is 0 Å². The van der Waals surface area contributed by atoms with Crippen molar-refractivity contribution in [1.82, 2.24) is 10.6 Å². The highest BCUT2D eigenvalue weighted by Crippen LogP contribution is 2.74. The summed E-state index contributed by atoms with van der Waals surface area (Å²) in [5, 5.41) is 15.8. The zero-order valence-electron chi connectivity index (χ0n) is 33.0. The molecule has 1 amide bonds. The fraction of sp³-hybridized carbons (Fsp3) is 0.860. The van der Waals surface area contributed by atoms with Gasteiger partial charge in [-0.05, 0) is 148 Å². The van der Waals surface area contributed by atoms with E-state index in [0.717, 1.165) is 37.7 Å². The number of nitrogens with one attached hydrogen (secondary N) is 2. The zero-order chi connectivity index (χ0) is 36.8. The molecule has 5 fully saturated rings. The summed E-state index contributed by atoms with van der Waals surface area (Å²) in [6.07, 6.45) is 11.8. The minimum absolute atomic E-state index is 0.00785. The van der Waals surface area contributed by atoms with Gasteiger partial charge in [-0.25, -0.2) is 0 Å². The van der Waals surface area contributed by atoms with Crippen LogP contribution in [0.1, 0.15) is 139 Å². The van der Waals surface area contributed by atoms with Crippen LogP contribution in [0.5, 0.6) is 0 Å². The molecule has 11 unspecified atom stereocenters. The number of aliphatic carboxylic acids is 1. The molecule has 7 heteroatoms. The Hall–Kier alpha value is -2.02. The molecule has 3 N–H and O–H groups in total. The third-order valence-corrected chi connectivity index (χ3v) is 17.0. The molecule has 5 saturated carbocycles. The van der Waals surface area contributed by atoms with Gasteiger partial charge in [-0.2, -0.15) is 0 Å². The van der Waals surface area contributed by atoms with Crippen molar-refractivity contribution in [3.05, 3.63) is 11.1 Å². The molecule has 0 aromatic rings. The zero-order valence-corrected chi connectivity index (χ0v) is 33.0. The molecule has 0 heterocycles. The summed E-state index contributed by atoms with van der Waals surface area (Å²) in [6, 6.07) is 0. The lowest BCUT2D eigenvalue weighted by atomic mass is 9.35. The number of hydrogen-bond acceptors (Lipinski definition) is 5. The maximum absolute atomic E-state index is 13.9. The van der Waals surface area contributed by atoms with E-state index < -0.39 is 11.5 Å². The molecule has 0 spiro atoms. The number of carbonyl (C=O) groups excluding carboxylic acids is 3. The first kappa shape index (κ1) is 37.7. The molecule has 50 heavy (non-hydrogen) atoms. The molecular weight excluding hydrogens is 624 g/mol. The number of amides is 1. The summed E-state index contributed by atoms with van der Waals surface area (Å²) in [5.74, 6) is 2.17. The standard InChI is InChI=1S/C43H68N2O5/c1-24(2)35-32(47)23-43(19-20-45-38(50)40(6,7)44-10)18-14-30-27(36(35)43)11-12-34-41(30,8)17-15-33-39(4,5)26(13-16-42(33,34)9)21-31(46)28-22-29(25(28)3)37(48)49/h24-30,33-34,44H,11-23H2,1-10H3,(H,45,50)(H,48,49). The van der Waals surface area contributed by atoms with Crippen LogP contribution in [0.4, 0.5) is 0 Å². The molecule has 7 nitrogen and oxygen atoms in total. The molecule has 0 bridgehead atoms. The first-order valence-electron chi connectivity index (χ1n) is 20.3. The van der Waals surface area contributed by atoms with Crippen molar-refractivity contribution in [2.24, 2.45) is 74.9 Å². The van der Waals surface area contributed by atoms with Crippen molar-refractivity contribution in [2.45, 2.75) is 145 Å². The summed E-state index contributed by atoms with van der Waals surface area (Å²) in [6.45, 7) is 20.9. The van der Waals surface area contributed by atoms with Crippen molar-refractivity contribution in [1.29, 1.82) is 0 Å². The van der Waals surface area contributed by atoms with Crippen molar-refractivity contribution in [2.75, 3.05) is 13.6 Å². The number of carboxylic acid groups (broad SMARTS) is 1. The molecule has 6 aliphatic rings. The second kappa shape index (κ2) is 12.8. The highest BCUT2D eigenvalue weighted by molar-refractivity contribution is 6.00. The molecule has 6 rings (SSSR count). The molecule has 0 radical (unpaired) electrons. The minimum Gasteiger partial charge on any atom is -0.481 e. The van der Waals surface area contributed by atoms with Gasteiger partial charge in [-0.15, -0.1) is 0 Å². The van der Waals surface area contributed by atoms with Crippen LogP contribution in [-0.4, -0.2) is 47.7 Å². The highest BCUT2D eigenvalue weighted by Gasteiger charge is 2.66. The molecule has 6 aliphatic carbocycles. The lowest BCUT2D eigenvalue weighted by Gasteiger charge is -2.69. The summed E-state index contributed by atoms with van der Waals surface area (Å²) in [4.78, 5) is 52.0. The highest BCUT2D eigenvalue weighted by atomic mass is 16.4. The Morgan fingerprint density at radius 2 is 1.60 bits per heavy atom. The Morgan fingerprint density at radius 1 is 0.920 bits per heavy atom. The number of hydrogen-bond donors (Lipinski definition) is 3. The minimum atomic E-state index is -0.756. The lowest BCUT2D eigenvalue weighted by molar-refractivity contribution is -0.193. The number of allylic oxidation sites excluding steroid dienone is 2. The average Bonchev–Trinajstić information content (AvgIpc) is 3.33. The van der Waals surface area contributed by atoms with Crippen LogP contribution in [0.3, 0.4) is 0 Å². The van der Waals surface area contributed by atoms with Crippen LogP contribution in [0, 0.1) is 74.9 Å². The van der Waals surface area contributed by atoms with Gasteiger partial charge < -0.3 is 15.7 Å². The molecule has 11 atom stereocenters. The fourth-order valence-corrected chi connectivity index (χ4v) is 13.9. The van der Waals surface area contributed by atoms with E-state index in [1.807, 2.05) is 27.8 Å². The summed E-state index contributed by atoms with van der Waals surface area (Å²) >= 11 is 0. The number of likely N-dealkylation sites (N-methyl/N-ethyl adjacent to an activating group) is 1. The van der Waals surface area contributed by atoms with Gasteiger partial charge in [0.2, 0.25) is 5.91 Å². The van der Waals surface area contributed by atoms with Crippen molar-refractivity contribution in [3.8, 4) is 0 Å². The van der Waals surface area contributed by atoms with Gasteiger partial charge in [-0.3, -0.25) is 19.2 Å². The summed E-state index contributed by atoms with van der Waals surface area (Å²) < 4.78 is 0. The van der Waals surface area contributed by atoms with E-state index in [9.17, 15) is 24.3 Å². The Kier molecular flexibility index (Phi) is 9.68. The largest absolute Gasteiger partial charge is 0.481 e. The molecular formula is C43H68N2O5. The normalized spacial score (nSPS) is 42.2. The smallest absolute Gasteiger partial charge is 0.306 e. The van der Waals surface area contributed by atoms with Crippen LogP contribution in [0.25, 0.3) is 0 Å². The van der Waals surface area contributed by atoms with Gasteiger partial charge in [0.1, 0.15) is 5.78 Å². The summed E-state index contributed by atoms with van der Waals surface area (Å²) in [5.41, 5.74) is 2.34. The Bertz CT molecular complexity index is 1440. The van der Waals surface area contributed by atoms with Gasteiger partial charge >= 0.3 is 5.97 Å². The predicted molar refractivity (Wildman–Crippen MR) is 197 cm³/mol. The maximum atomic E-state index is 13.9. The maximum Gasteiger partial charge on any atom is 0.306 e. The first-order valence-corrected chi connectivity index (χ1v) is 20.3. The second-order valence-electron chi connectivity index (χ2n) is 20.1. The Labute approximate surface area is 302 Å². The quantitative estimate of drug-likeness (QED) is 0.214. The Morgan fingerprint density at radius 3 is 2.22 bits per heavy atom. The Balaban J connectivity index is 1.21. The number of Topliss-reactive ketones (excluding diaryl/α,β-unsaturated/α-hetero) is 2. The van der Waals surface area contributed by atoms with E-state index in [4.69, 9.17) is 0 Å². The fourth-order valence-electron chi connectivity index (χ4n) is 13.9. The van der Waals surface area contributed by atoms with E-state index in [1.54, 1.807) is 0 Å². The van der Waals surface area contributed by atoms with Crippen molar-refractivity contribution in [3.63, 3.8) is 0 Å². The number of fused-ring (bicyclic) bond motifs is 7. The molecule has 0 saturated heterocycles. The third-order valence-electron chi connectivity index (χ3n) is 17.0. The number of rotatable bonds is 10. The molecule has 280 valence electrons. The van der Waals surface area contributed by atoms with Gasteiger partial charge in [0.05, 0.1) is 11.5 Å². The number of ketones is 2. The topological polar surface area (TPSA) is 113 Å². The van der Waals surface area contributed by atoms with E-state index in [-0.39, 0.29) is 51.2 Å². The van der Waals surface area contributed by atoms with Crippen LogP contribution in [-0.2, 0) is 19.2 Å². The molecule has 0 aromatic carbocycles. The van der Waals surface area contributed by atoms with Gasteiger partial charge in [0.25, 0.3) is 0 Å². The van der Waals surface area contributed by atoms with Crippen LogP contribution in [0.15, 0.2) is 11.1 Å². The number of carbonyl (C=O) groups is 4. The average molecular weight is 693 g/mol.